The Bertz CT molecular complexity index is 675. The van der Waals surface area contributed by atoms with Crippen molar-refractivity contribution in [3.63, 3.8) is 0 Å². The van der Waals surface area contributed by atoms with E-state index in [1.54, 1.807) is 0 Å². The fraction of sp³-hybridized carbons (Fsp3) is 0.682. The number of nitrogens with one attached hydrogen (secondary N) is 1. The van der Waals surface area contributed by atoms with Crippen LogP contribution in [0.4, 0.5) is 0 Å². The Morgan fingerprint density at radius 1 is 1.14 bits per heavy atom. The van der Waals surface area contributed by atoms with Gasteiger partial charge >= 0.3 is 0 Å². The smallest absolute Gasteiger partial charge is 0.193 e. The number of guanidine groups is 1. The number of rotatable bonds is 3. The highest BCUT2D eigenvalue weighted by Gasteiger charge is 2.42. The van der Waals surface area contributed by atoms with Crippen molar-refractivity contribution in [1.82, 2.24) is 15.1 Å². The van der Waals surface area contributed by atoms with E-state index >= 15 is 0 Å². The van der Waals surface area contributed by atoms with Crippen LogP contribution in [0.5, 0.6) is 0 Å². The monoisotopic (exact) mass is 498 g/mol. The second-order valence-electron chi connectivity index (χ2n) is 8.93. The standard InChI is InChI=1S/C22H34N4O.HI/c1-23-20(26-11-8-21(17-26)9-12-27-13-10-21)24-16-22(25(2)3)14-18-6-4-5-7-19(18)15-22;/h4-7H,8-17H2,1-3H3,(H,23,24);1H. The predicted molar refractivity (Wildman–Crippen MR) is 126 cm³/mol. The molecule has 0 aromatic heterocycles. The molecular formula is C22H35IN4O. The van der Waals surface area contributed by atoms with Gasteiger partial charge in [0.05, 0.1) is 0 Å². The van der Waals surface area contributed by atoms with Crippen LogP contribution in [0.1, 0.15) is 30.4 Å². The summed E-state index contributed by atoms with van der Waals surface area (Å²) < 4.78 is 5.59. The average Bonchev–Trinajstić information content (AvgIpc) is 3.25. The summed E-state index contributed by atoms with van der Waals surface area (Å²) in [6, 6.07) is 8.89. The lowest BCUT2D eigenvalue weighted by Crippen LogP contribution is -2.55. The molecule has 2 heterocycles. The molecule has 1 spiro atoms. The molecule has 2 fully saturated rings. The highest BCUT2D eigenvalue weighted by molar-refractivity contribution is 14.0. The molecule has 156 valence electrons. The molecule has 28 heavy (non-hydrogen) atoms. The zero-order chi connectivity index (χ0) is 18.9. The maximum Gasteiger partial charge on any atom is 0.193 e. The molecule has 1 N–H and O–H groups in total. The van der Waals surface area contributed by atoms with Crippen molar-refractivity contribution in [3.05, 3.63) is 35.4 Å². The van der Waals surface area contributed by atoms with Gasteiger partial charge in [-0.3, -0.25) is 4.99 Å². The maximum atomic E-state index is 5.59. The summed E-state index contributed by atoms with van der Waals surface area (Å²) in [7, 11) is 6.34. The first-order chi connectivity index (χ1) is 13.1. The molecule has 0 radical (unpaired) electrons. The largest absolute Gasteiger partial charge is 0.381 e. The van der Waals surface area contributed by atoms with Gasteiger partial charge < -0.3 is 19.9 Å². The average molecular weight is 498 g/mol. The fourth-order valence-electron chi connectivity index (χ4n) is 5.18. The summed E-state index contributed by atoms with van der Waals surface area (Å²) in [4.78, 5) is 9.50. The quantitative estimate of drug-likeness (QED) is 0.396. The van der Waals surface area contributed by atoms with Crippen LogP contribution in [0.3, 0.4) is 0 Å². The van der Waals surface area contributed by atoms with Crippen LogP contribution in [0.25, 0.3) is 0 Å². The number of benzene rings is 1. The van der Waals surface area contributed by atoms with Crippen LogP contribution >= 0.6 is 24.0 Å². The van der Waals surface area contributed by atoms with Crippen molar-refractivity contribution in [3.8, 4) is 0 Å². The van der Waals surface area contributed by atoms with Crippen LogP contribution in [0.2, 0.25) is 0 Å². The van der Waals surface area contributed by atoms with Gasteiger partial charge in [-0.15, -0.1) is 24.0 Å². The number of likely N-dealkylation sites (tertiary alicyclic amines) is 1. The van der Waals surface area contributed by atoms with E-state index < -0.39 is 0 Å². The number of nitrogens with zero attached hydrogens (tertiary/aromatic N) is 3. The fourth-order valence-corrected chi connectivity index (χ4v) is 5.18. The van der Waals surface area contributed by atoms with E-state index in [0.29, 0.717) is 5.41 Å². The van der Waals surface area contributed by atoms with E-state index in [4.69, 9.17) is 4.74 Å². The number of aliphatic imine (C=N–C) groups is 1. The molecule has 4 rings (SSSR count). The summed E-state index contributed by atoms with van der Waals surface area (Å²) in [5.41, 5.74) is 3.55. The van der Waals surface area contributed by atoms with E-state index in [1.807, 2.05) is 7.05 Å². The van der Waals surface area contributed by atoms with Crippen molar-refractivity contribution >= 4 is 29.9 Å². The zero-order valence-electron chi connectivity index (χ0n) is 17.5. The summed E-state index contributed by atoms with van der Waals surface area (Å²) in [6.45, 7) is 4.98. The van der Waals surface area contributed by atoms with E-state index in [-0.39, 0.29) is 29.5 Å². The first-order valence-electron chi connectivity index (χ1n) is 10.3. The summed E-state index contributed by atoms with van der Waals surface area (Å²) in [5, 5.41) is 3.74. The van der Waals surface area contributed by atoms with Gasteiger partial charge in [0.2, 0.25) is 0 Å². The van der Waals surface area contributed by atoms with Crippen LogP contribution < -0.4 is 5.32 Å². The van der Waals surface area contributed by atoms with Crippen LogP contribution in [-0.4, -0.2) is 75.3 Å². The van der Waals surface area contributed by atoms with Crippen molar-refractivity contribution < 1.29 is 4.74 Å². The molecule has 1 aliphatic carbocycles. The topological polar surface area (TPSA) is 40.1 Å². The first kappa shape index (κ1) is 21.8. The molecule has 0 saturated carbocycles. The maximum absolute atomic E-state index is 5.59. The van der Waals surface area contributed by atoms with Gasteiger partial charge in [0.15, 0.2) is 5.96 Å². The highest BCUT2D eigenvalue weighted by atomic mass is 127. The van der Waals surface area contributed by atoms with E-state index in [2.05, 4.69) is 58.5 Å². The lowest BCUT2D eigenvalue weighted by molar-refractivity contribution is 0.0217. The molecule has 0 unspecified atom stereocenters. The third kappa shape index (κ3) is 4.19. The Labute approximate surface area is 186 Å². The van der Waals surface area contributed by atoms with Crippen molar-refractivity contribution in [2.45, 2.75) is 37.6 Å². The minimum atomic E-state index is 0. The first-order valence-corrected chi connectivity index (χ1v) is 10.3. The Kier molecular flexibility index (Phi) is 6.92. The normalized spacial score (nSPS) is 23.0. The van der Waals surface area contributed by atoms with E-state index in [0.717, 1.165) is 51.6 Å². The van der Waals surface area contributed by atoms with Crippen molar-refractivity contribution in [2.24, 2.45) is 10.4 Å². The number of fused-ring (bicyclic) bond motifs is 1. The van der Waals surface area contributed by atoms with Crippen LogP contribution in [-0.2, 0) is 17.6 Å². The molecule has 2 saturated heterocycles. The molecule has 1 aromatic rings. The predicted octanol–water partition coefficient (Wildman–Crippen LogP) is 2.78. The molecule has 0 bridgehead atoms. The molecule has 2 aliphatic heterocycles. The second kappa shape index (κ2) is 8.88. The molecular weight excluding hydrogens is 463 g/mol. The van der Waals surface area contributed by atoms with Crippen molar-refractivity contribution in [1.29, 1.82) is 0 Å². The van der Waals surface area contributed by atoms with Gasteiger partial charge in [-0.2, -0.15) is 0 Å². The molecule has 0 amide bonds. The third-order valence-electron chi connectivity index (χ3n) is 7.18. The molecule has 0 atom stereocenters. The van der Waals surface area contributed by atoms with Crippen LogP contribution in [0.15, 0.2) is 29.3 Å². The summed E-state index contributed by atoms with van der Waals surface area (Å²) in [6.07, 6.45) is 5.85. The number of hydrogen-bond donors (Lipinski definition) is 1. The number of halogens is 1. The second-order valence-corrected chi connectivity index (χ2v) is 8.93. The van der Waals surface area contributed by atoms with Gasteiger partial charge in [0.1, 0.15) is 0 Å². The Hall–Kier alpha value is -0.860. The summed E-state index contributed by atoms with van der Waals surface area (Å²) >= 11 is 0. The van der Waals surface area contributed by atoms with E-state index in [9.17, 15) is 0 Å². The van der Waals surface area contributed by atoms with Gasteiger partial charge in [0.25, 0.3) is 0 Å². The number of ether oxygens (including phenoxy) is 1. The lowest BCUT2D eigenvalue weighted by atomic mass is 9.80. The minimum absolute atomic E-state index is 0. The van der Waals surface area contributed by atoms with Gasteiger partial charge in [-0.1, -0.05) is 24.3 Å². The van der Waals surface area contributed by atoms with Gasteiger partial charge in [0, 0.05) is 45.4 Å². The highest BCUT2D eigenvalue weighted by Crippen LogP contribution is 2.39. The molecule has 3 aliphatic rings. The zero-order valence-corrected chi connectivity index (χ0v) is 19.9. The third-order valence-corrected chi connectivity index (χ3v) is 7.18. The van der Waals surface area contributed by atoms with Crippen molar-refractivity contribution in [2.75, 3.05) is 54.0 Å². The van der Waals surface area contributed by atoms with Gasteiger partial charge in [-0.05, 0) is 62.7 Å². The SMILES string of the molecule is CN=C(NCC1(N(C)C)Cc2ccccc2C1)N1CCC2(CCOCC2)C1.I. The minimum Gasteiger partial charge on any atom is -0.381 e. The molecule has 5 nitrogen and oxygen atoms in total. The van der Waals surface area contributed by atoms with E-state index in [1.165, 1.54) is 30.4 Å². The lowest BCUT2D eigenvalue weighted by Gasteiger charge is -2.38. The summed E-state index contributed by atoms with van der Waals surface area (Å²) in [5.74, 6) is 1.07. The Morgan fingerprint density at radius 3 is 2.36 bits per heavy atom. The number of hydrogen-bond acceptors (Lipinski definition) is 3. The molecule has 1 aromatic carbocycles. The molecule has 6 heteroatoms. The van der Waals surface area contributed by atoms with Crippen LogP contribution in [0, 0.1) is 5.41 Å². The Balaban J connectivity index is 0.00000225. The van der Waals surface area contributed by atoms with Gasteiger partial charge in [-0.25, -0.2) is 0 Å². The Morgan fingerprint density at radius 2 is 1.79 bits per heavy atom. The number of likely N-dealkylation sites (N-methyl/N-ethyl adjacent to an activating group) is 1.